The largest absolute Gasteiger partial charge is 0.477 e. The van der Waals surface area contributed by atoms with Gasteiger partial charge in [0.25, 0.3) is 5.69 Å². The Hall–Kier alpha value is -2.97. The van der Waals surface area contributed by atoms with Gasteiger partial charge in [-0.2, -0.15) is 0 Å². The van der Waals surface area contributed by atoms with Gasteiger partial charge in [0.15, 0.2) is 5.82 Å². The van der Waals surface area contributed by atoms with E-state index in [0.29, 0.717) is 25.3 Å². The number of carbonyl (C=O) groups is 1. The Morgan fingerprint density at radius 1 is 1.38 bits per heavy atom. The number of rotatable bonds is 3. The van der Waals surface area contributed by atoms with Crippen LogP contribution in [-0.2, 0) is 13.1 Å². The summed E-state index contributed by atoms with van der Waals surface area (Å²) in [6.07, 6.45) is 1.64. The maximum atomic E-state index is 11.0. The van der Waals surface area contributed by atoms with Crippen LogP contribution in [0.1, 0.15) is 16.2 Å². The zero-order valence-electron chi connectivity index (χ0n) is 10.8. The van der Waals surface area contributed by atoms with Gasteiger partial charge in [0.05, 0.1) is 11.5 Å². The van der Waals surface area contributed by atoms with E-state index in [4.69, 9.17) is 5.11 Å². The first-order chi connectivity index (χ1) is 10.1. The number of nitro benzene ring substituents is 1. The standard InChI is InChI=1S/C12H11N5O4/c18-12(19)9-2-1-8(5-10(9)17(20)21)15-3-4-16-7-13-14-11(16)6-15/h1-2,5,7H,3-4,6H2,(H,18,19). The fraction of sp³-hybridized carbons (Fsp3) is 0.250. The SMILES string of the molecule is O=C(O)c1ccc(N2CCn3cnnc3C2)cc1[N+](=O)[O-]. The average Bonchev–Trinajstić information content (AvgIpc) is 2.93. The normalized spacial score (nSPS) is 13.8. The average molecular weight is 289 g/mol. The number of carboxylic acid groups (broad SMARTS) is 1. The van der Waals surface area contributed by atoms with Gasteiger partial charge in [-0.15, -0.1) is 10.2 Å². The third-order valence-electron chi connectivity index (χ3n) is 3.41. The Labute approximate surface area is 118 Å². The number of fused-ring (bicyclic) bond motifs is 1. The van der Waals surface area contributed by atoms with Gasteiger partial charge >= 0.3 is 5.97 Å². The van der Waals surface area contributed by atoms with Gasteiger partial charge < -0.3 is 14.6 Å². The van der Waals surface area contributed by atoms with E-state index in [2.05, 4.69) is 10.2 Å². The van der Waals surface area contributed by atoms with E-state index in [1.807, 2.05) is 9.47 Å². The smallest absolute Gasteiger partial charge is 0.342 e. The minimum atomic E-state index is -1.31. The van der Waals surface area contributed by atoms with Gasteiger partial charge in [-0.3, -0.25) is 10.1 Å². The Balaban J connectivity index is 1.95. The number of hydrogen-bond acceptors (Lipinski definition) is 6. The summed E-state index contributed by atoms with van der Waals surface area (Å²) in [4.78, 5) is 23.2. The molecule has 9 heteroatoms. The molecule has 0 spiro atoms. The number of carboxylic acids is 1. The minimum Gasteiger partial charge on any atom is -0.477 e. The molecule has 0 aliphatic carbocycles. The third kappa shape index (κ3) is 2.29. The Morgan fingerprint density at radius 3 is 2.90 bits per heavy atom. The van der Waals surface area contributed by atoms with Crippen LogP contribution in [-0.4, -0.2) is 37.3 Å². The third-order valence-corrected chi connectivity index (χ3v) is 3.41. The lowest BCUT2D eigenvalue weighted by Crippen LogP contribution is -2.33. The molecule has 1 aliphatic rings. The molecule has 1 N–H and O–H groups in total. The molecular weight excluding hydrogens is 278 g/mol. The van der Waals surface area contributed by atoms with Crippen LogP contribution in [0.4, 0.5) is 11.4 Å². The molecule has 108 valence electrons. The molecule has 1 aromatic carbocycles. The zero-order valence-corrected chi connectivity index (χ0v) is 10.8. The molecule has 1 aliphatic heterocycles. The summed E-state index contributed by atoms with van der Waals surface area (Å²) in [5.41, 5.74) is -0.128. The van der Waals surface area contributed by atoms with Crippen molar-refractivity contribution in [3.05, 3.63) is 46.0 Å². The van der Waals surface area contributed by atoms with Gasteiger partial charge in [-0.1, -0.05) is 0 Å². The summed E-state index contributed by atoms with van der Waals surface area (Å²) in [5, 5.41) is 27.8. The van der Waals surface area contributed by atoms with E-state index >= 15 is 0 Å². The van der Waals surface area contributed by atoms with Gasteiger partial charge in [0.1, 0.15) is 11.9 Å². The minimum absolute atomic E-state index is 0.316. The van der Waals surface area contributed by atoms with Crippen LogP contribution in [0.3, 0.4) is 0 Å². The highest BCUT2D eigenvalue weighted by Gasteiger charge is 2.24. The molecule has 9 nitrogen and oxygen atoms in total. The fourth-order valence-corrected chi connectivity index (χ4v) is 2.34. The summed E-state index contributed by atoms with van der Waals surface area (Å²) in [7, 11) is 0. The molecule has 0 fully saturated rings. The summed E-state index contributed by atoms with van der Waals surface area (Å²) in [6.45, 7) is 1.80. The van der Waals surface area contributed by atoms with Crippen molar-refractivity contribution in [2.45, 2.75) is 13.1 Å². The van der Waals surface area contributed by atoms with E-state index in [1.54, 1.807) is 12.4 Å². The van der Waals surface area contributed by atoms with E-state index in [9.17, 15) is 14.9 Å². The van der Waals surface area contributed by atoms with Crippen molar-refractivity contribution >= 4 is 17.3 Å². The molecule has 0 atom stereocenters. The first-order valence-electron chi connectivity index (χ1n) is 6.19. The Morgan fingerprint density at radius 2 is 2.19 bits per heavy atom. The number of aromatic nitrogens is 3. The Kier molecular flexibility index (Phi) is 3.01. The maximum Gasteiger partial charge on any atom is 0.342 e. The lowest BCUT2D eigenvalue weighted by Gasteiger charge is -2.28. The van der Waals surface area contributed by atoms with Gasteiger partial charge in [0, 0.05) is 24.8 Å². The van der Waals surface area contributed by atoms with Gasteiger partial charge in [-0.25, -0.2) is 4.79 Å². The van der Waals surface area contributed by atoms with Crippen LogP contribution >= 0.6 is 0 Å². The second kappa shape index (κ2) is 4.85. The molecule has 2 heterocycles. The molecular formula is C12H11N5O4. The summed E-state index contributed by atoms with van der Waals surface area (Å²) >= 11 is 0. The maximum absolute atomic E-state index is 11.0. The number of aromatic carboxylic acids is 1. The topological polar surface area (TPSA) is 114 Å². The van der Waals surface area contributed by atoms with Crippen molar-refractivity contribution in [3.63, 3.8) is 0 Å². The first-order valence-corrected chi connectivity index (χ1v) is 6.19. The molecule has 0 bridgehead atoms. The van der Waals surface area contributed by atoms with Crippen LogP contribution in [0, 0.1) is 10.1 Å². The van der Waals surface area contributed by atoms with Crippen molar-refractivity contribution in [3.8, 4) is 0 Å². The highest BCUT2D eigenvalue weighted by molar-refractivity contribution is 5.93. The van der Waals surface area contributed by atoms with Crippen LogP contribution in [0.2, 0.25) is 0 Å². The van der Waals surface area contributed by atoms with Crippen LogP contribution < -0.4 is 4.90 Å². The number of hydrogen-bond donors (Lipinski definition) is 1. The van der Waals surface area contributed by atoms with Crippen molar-refractivity contribution in [1.29, 1.82) is 0 Å². The Bertz CT molecular complexity index is 726. The fourth-order valence-electron chi connectivity index (χ4n) is 2.34. The molecule has 3 rings (SSSR count). The molecule has 0 amide bonds. The van der Waals surface area contributed by atoms with Crippen molar-refractivity contribution in [2.75, 3.05) is 11.4 Å². The second-order valence-corrected chi connectivity index (χ2v) is 4.63. The number of nitrogens with zero attached hydrogens (tertiary/aromatic N) is 5. The molecule has 1 aromatic heterocycles. The lowest BCUT2D eigenvalue weighted by atomic mass is 10.1. The van der Waals surface area contributed by atoms with E-state index in [0.717, 1.165) is 5.82 Å². The first kappa shape index (κ1) is 13.0. The molecule has 0 saturated carbocycles. The van der Waals surface area contributed by atoms with Crippen LogP contribution in [0.5, 0.6) is 0 Å². The molecule has 2 aromatic rings. The number of nitro groups is 1. The van der Waals surface area contributed by atoms with Crippen LogP contribution in [0.25, 0.3) is 0 Å². The summed E-state index contributed by atoms with van der Waals surface area (Å²) in [5.74, 6) is -0.544. The zero-order chi connectivity index (χ0) is 15.0. The number of benzene rings is 1. The molecule has 0 saturated heterocycles. The predicted octanol–water partition coefficient (Wildman–Crippen LogP) is 0.905. The highest BCUT2D eigenvalue weighted by Crippen LogP contribution is 2.27. The van der Waals surface area contributed by atoms with E-state index in [-0.39, 0.29) is 5.56 Å². The van der Waals surface area contributed by atoms with Crippen molar-refractivity contribution in [1.82, 2.24) is 14.8 Å². The summed E-state index contributed by atoms with van der Waals surface area (Å²) < 4.78 is 1.91. The molecule has 0 unspecified atom stereocenters. The monoisotopic (exact) mass is 289 g/mol. The predicted molar refractivity (Wildman–Crippen MR) is 71.1 cm³/mol. The van der Waals surface area contributed by atoms with Gasteiger partial charge in [-0.05, 0) is 12.1 Å². The molecule has 21 heavy (non-hydrogen) atoms. The number of anilines is 1. The van der Waals surface area contributed by atoms with E-state index in [1.165, 1.54) is 12.1 Å². The van der Waals surface area contributed by atoms with Crippen molar-refractivity contribution in [2.24, 2.45) is 0 Å². The summed E-state index contributed by atoms with van der Waals surface area (Å²) in [6, 6.07) is 4.12. The highest BCUT2D eigenvalue weighted by atomic mass is 16.6. The van der Waals surface area contributed by atoms with Crippen molar-refractivity contribution < 1.29 is 14.8 Å². The quantitative estimate of drug-likeness (QED) is 0.659. The lowest BCUT2D eigenvalue weighted by molar-refractivity contribution is -0.385. The second-order valence-electron chi connectivity index (χ2n) is 4.63. The van der Waals surface area contributed by atoms with E-state index < -0.39 is 16.6 Å². The molecule has 0 radical (unpaired) electrons. The van der Waals surface area contributed by atoms with Crippen LogP contribution in [0.15, 0.2) is 24.5 Å². The van der Waals surface area contributed by atoms with Gasteiger partial charge in [0.2, 0.25) is 0 Å².